The molecule has 8 bridgehead atoms. The lowest BCUT2D eigenvalue weighted by Crippen LogP contribution is -2.13. The molecule has 25 heteroatoms. The standard InChI is InChI=1S/C48H21F15N6O4/c1-48(2,3)14-12-23(68(70)71)29(24(13-14)69(72)73)25-15-4-6-17(64-15)26(30-33(49)39(55)45(61)40(56)34(30)50)19-8-10-21(66-19)28(32-37(53)43(59)47(63)44(60)38(32)54)22-11-9-20(67-22)27(18-7-5-16(25)65-18)31-35(51)41(57)46(62)42(58)36(31)52/h4-13,64-65H,1-3H3. The molecule has 0 fully saturated rings. The van der Waals surface area contributed by atoms with Crippen molar-refractivity contribution >= 4 is 57.7 Å². The molecule has 0 atom stereocenters. The highest BCUT2D eigenvalue weighted by atomic mass is 19.2. The van der Waals surface area contributed by atoms with Gasteiger partial charge in [0.05, 0.1) is 49.3 Å². The lowest BCUT2D eigenvalue weighted by molar-refractivity contribution is -0.392. The molecule has 73 heavy (non-hydrogen) atoms. The summed E-state index contributed by atoms with van der Waals surface area (Å²) < 4.78 is 230. The van der Waals surface area contributed by atoms with Crippen LogP contribution in [0.15, 0.2) is 36.4 Å². The summed E-state index contributed by atoms with van der Waals surface area (Å²) in [5.74, 6) is -38.6. The molecule has 9 rings (SSSR count). The summed E-state index contributed by atoms with van der Waals surface area (Å²) in [6, 6.07) is 5.32. The number of benzene rings is 4. The Morgan fingerprint density at radius 2 is 0.616 bits per heavy atom. The molecule has 372 valence electrons. The maximum Gasteiger partial charge on any atom is 0.284 e. The third-order valence-electron chi connectivity index (χ3n) is 11.7. The van der Waals surface area contributed by atoms with Gasteiger partial charge in [0.15, 0.2) is 69.8 Å². The van der Waals surface area contributed by atoms with E-state index >= 15 is 52.7 Å². The van der Waals surface area contributed by atoms with Gasteiger partial charge in [0, 0.05) is 56.5 Å². The van der Waals surface area contributed by atoms with Gasteiger partial charge < -0.3 is 9.97 Å². The zero-order valence-corrected chi connectivity index (χ0v) is 36.4. The second-order valence-electron chi connectivity index (χ2n) is 17.0. The topological polar surface area (TPSA) is 144 Å². The van der Waals surface area contributed by atoms with Gasteiger partial charge in [0.2, 0.25) is 17.5 Å². The normalized spacial score (nSPS) is 12.4. The van der Waals surface area contributed by atoms with Gasteiger partial charge in [0.25, 0.3) is 11.4 Å². The number of H-pyrrole nitrogens is 2. The molecule has 5 heterocycles. The van der Waals surface area contributed by atoms with Crippen molar-refractivity contribution in [1.29, 1.82) is 0 Å². The Kier molecular flexibility index (Phi) is 11.6. The molecule has 0 aliphatic carbocycles. The molecule has 0 spiro atoms. The summed E-state index contributed by atoms with van der Waals surface area (Å²) in [7, 11) is 0. The van der Waals surface area contributed by atoms with Gasteiger partial charge in [0.1, 0.15) is 5.56 Å². The highest BCUT2D eigenvalue weighted by Gasteiger charge is 2.36. The first-order chi connectivity index (χ1) is 34.3. The molecule has 0 radical (unpaired) electrons. The van der Waals surface area contributed by atoms with Gasteiger partial charge in [-0.2, -0.15) is 0 Å². The molecule has 0 amide bonds. The van der Waals surface area contributed by atoms with Gasteiger partial charge >= 0.3 is 0 Å². The number of halogens is 15. The highest BCUT2D eigenvalue weighted by molar-refractivity contribution is 6.03. The van der Waals surface area contributed by atoms with Gasteiger partial charge in [-0.1, -0.05) is 20.8 Å². The number of rotatable bonds is 6. The first kappa shape index (κ1) is 49.2. The Morgan fingerprint density at radius 1 is 0.370 bits per heavy atom. The van der Waals surface area contributed by atoms with Crippen LogP contribution in [0.3, 0.4) is 0 Å². The second-order valence-corrected chi connectivity index (χ2v) is 17.0. The van der Waals surface area contributed by atoms with Crippen LogP contribution in [0.5, 0.6) is 0 Å². The molecule has 7 aromatic rings. The number of hydrogen-bond acceptors (Lipinski definition) is 6. The van der Waals surface area contributed by atoms with E-state index in [4.69, 9.17) is 0 Å². The molecule has 0 saturated carbocycles. The molecule has 2 aliphatic heterocycles. The molecule has 3 aromatic heterocycles. The van der Waals surface area contributed by atoms with E-state index in [9.17, 15) is 33.4 Å². The van der Waals surface area contributed by atoms with Crippen LogP contribution in [-0.2, 0) is 5.41 Å². The monoisotopic (exact) mass is 1030 g/mol. The van der Waals surface area contributed by atoms with Gasteiger partial charge in [-0.05, 0) is 59.5 Å². The molecule has 4 aromatic carbocycles. The van der Waals surface area contributed by atoms with Crippen LogP contribution in [0, 0.1) is 107 Å². The number of hydrogen-bond donors (Lipinski definition) is 2. The molecule has 10 nitrogen and oxygen atoms in total. The van der Waals surface area contributed by atoms with Gasteiger partial charge in [-0.15, -0.1) is 0 Å². The van der Waals surface area contributed by atoms with E-state index in [0.717, 1.165) is 36.4 Å². The Balaban J connectivity index is 1.61. The summed E-state index contributed by atoms with van der Waals surface area (Å²) in [5, 5.41) is 26.0. The molecule has 0 unspecified atom stereocenters. The Labute approximate surface area is 395 Å². The van der Waals surface area contributed by atoms with Crippen molar-refractivity contribution in [2.24, 2.45) is 0 Å². The van der Waals surface area contributed by atoms with Crippen LogP contribution in [-0.4, -0.2) is 29.8 Å². The first-order valence-electron chi connectivity index (χ1n) is 20.5. The fraction of sp³-hybridized carbons (Fsp3) is 0.0833. The zero-order chi connectivity index (χ0) is 53.2. The van der Waals surface area contributed by atoms with Crippen molar-refractivity contribution in [3.05, 3.63) is 172 Å². The van der Waals surface area contributed by atoms with Crippen LogP contribution in [0.2, 0.25) is 0 Å². The summed E-state index contributed by atoms with van der Waals surface area (Å²) in [6.07, 6.45) is 2.70. The Bertz CT molecular complexity index is 3650. The maximum absolute atomic E-state index is 16.0. The number of nitrogens with zero attached hydrogens (tertiary/aromatic N) is 4. The van der Waals surface area contributed by atoms with Crippen molar-refractivity contribution in [2.45, 2.75) is 26.2 Å². The van der Waals surface area contributed by atoms with Crippen LogP contribution in [0.1, 0.15) is 49.1 Å². The molecular formula is C48H21F15N6O4. The molecule has 0 saturated heterocycles. The minimum Gasteiger partial charge on any atom is -0.354 e. The average molecular weight is 1030 g/mol. The van der Waals surface area contributed by atoms with E-state index in [1.807, 2.05) is 0 Å². The third-order valence-corrected chi connectivity index (χ3v) is 11.7. The van der Waals surface area contributed by atoms with E-state index in [1.165, 1.54) is 20.8 Å². The predicted octanol–water partition coefficient (Wildman–Crippen LogP) is 14.5. The largest absolute Gasteiger partial charge is 0.354 e. The lowest BCUT2D eigenvalue weighted by Gasteiger charge is -2.19. The van der Waals surface area contributed by atoms with Crippen molar-refractivity contribution in [3.8, 4) is 44.5 Å². The van der Waals surface area contributed by atoms with Crippen molar-refractivity contribution in [2.75, 3.05) is 0 Å². The van der Waals surface area contributed by atoms with E-state index in [0.29, 0.717) is 24.3 Å². The fourth-order valence-electron chi connectivity index (χ4n) is 8.32. The number of fused-ring (bicyclic) bond motifs is 8. The molecular weight excluding hydrogens is 1010 g/mol. The van der Waals surface area contributed by atoms with Gasteiger partial charge in [-0.3, -0.25) is 20.2 Å². The Hall–Kier alpha value is -8.77. The lowest BCUT2D eigenvalue weighted by atomic mass is 9.84. The number of aromatic nitrogens is 4. The van der Waals surface area contributed by atoms with Crippen LogP contribution in [0.25, 0.3) is 90.9 Å². The summed E-state index contributed by atoms with van der Waals surface area (Å²) >= 11 is 0. The summed E-state index contributed by atoms with van der Waals surface area (Å²) in [4.78, 5) is 37.0. The zero-order valence-electron chi connectivity index (χ0n) is 36.4. The number of aromatic amines is 2. The van der Waals surface area contributed by atoms with Crippen LogP contribution < -0.4 is 0 Å². The second kappa shape index (κ2) is 17.2. The number of nitro benzene ring substituents is 2. The van der Waals surface area contributed by atoms with Crippen molar-refractivity contribution in [3.63, 3.8) is 0 Å². The van der Waals surface area contributed by atoms with E-state index in [2.05, 4.69) is 19.9 Å². The van der Waals surface area contributed by atoms with Gasteiger partial charge in [-0.25, -0.2) is 75.8 Å². The summed E-state index contributed by atoms with van der Waals surface area (Å²) in [5.41, 5.74) is -20.1. The minimum atomic E-state index is -2.69. The van der Waals surface area contributed by atoms with E-state index < -0.39 is 203 Å². The smallest absolute Gasteiger partial charge is 0.284 e. The maximum atomic E-state index is 16.0. The van der Waals surface area contributed by atoms with Crippen molar-refractivity contribution in [1.82, 2.24) is 19.9 Å². The molecule has 2 N–H and O–H groups in total. The van der Waals surface area contributed by atoms with Crippen molar-refractivity contribution < 1.29 is 75.7 Å². The van der Waals surface area contributed by atoms with Crippen LogP contribution >= 0.6 is 0 Å². The summed E-state index contributed by atoms with van der Waals surface area (Å²) in [6.45, 7) is 4.60. The first-order valence-corrected chi connectivity index (χ1v) is 20.5. The fourth-order valence-corrected chi connectivity index (χ4v) is 8.32. The quantitative estimate of drug-likeness (QED) is 0.0558. The number of nitrogens with one attached hydrogen (secondary N) is 2. The Morgan fingerprint density at radius 3 is 0.890 bits per heavy atom. The average Bonchev–Trinajstić information content (AvgIpc) is 4.21. The third kappa shape index (κ3) is 7.55. The predicted molar refractivity (Wildman–Crippen MR) is 232 cm³/mol. The SMILES string of the molecule is CC(C)(C)c1cc([N+](=O)[O-])c(-c2c3ccc([nH]3)c(-c3c(F)c(F)c(F)c(F)c3F)c3nc(c(-c4c(F)c(F)c(F)c(F)c4F)c4nc(c(-c5c(F)c(F)c(F)c(F)c5F)c5ccc2[nH]5)C=C4)C=C3)c([N+](=O)[O-])c1. The minimum absolute atomic E-state index is 0.00453. The van der Waals surface area contributed by atoms with E-state index in [1.54, 1.807) is 0 Å². The number of nitro groups is 2. The van der Waals surface area contributed by atoms with Crippen LogP contribution in [0.4, 0.5) is 77.2 Å². The highest BCUT2D eigenvalue weighted by Crippen LogP contribution is 2.47. The van der Waals surface area contributed by atoms with E-state index in [-0.39, 0.29) is 5.56 Å². The molecule has 2 aliphatic rings.